The molecule has 0 saturated carbocycles. The number of nitrogens with two attached hydrogens (primary N) is 1. The summed E-state index contributed by atoms with van der Waals surface area (Å²) in [7, 11) is 0. The number of carbonyl (C=O) groups excluding carboxylic acids is 2. The second kappa shape index (κ2) is 8.22. The van der Waals surface area contributed by atoms with E-state index < -0.39 is 5.91 Å². The molecule has 2 rings (SSSR count). The molecule has 0 saturated heterocycles. The van der Waals surface area contributed by atoms with Crippen LogP contribution in [-0.4, -0.2) is 25.0 Å². The van der Waals surface area contributed by atoms with E-state index in [1.165, 1.54) is 18.4 Å². The van der Waals surface area contributed by atoms with Crippen LogP contribution in [0.4, 0.5) is 0 Å². The quantitative estimate of drug-likeness (QED) is 0.757. The van der Waals surface area contributed by atoms with Crippen molar-refractivity contribution in [2.24, 2.45) is 5.73 Å². The SMILES string of the molecule is NC(=O)c1ccccc1OCC(=O)NCCC1=CCCCC1. The minimum Gasteiger partial charge on any atom is -0.483 e. The highest BCUT2D eigenvalue weighted by Crippen LogP contribution is 2.19. The van der Waals surface area contributed by atoms with Gasteiger partial charge in [-0.05, 0) is 44.2 Å². The maximum Gasteiger partial charge on any atom is 0.257 e. The number of para-hydroxylation sites is 1. The summed E-state index contributed by atoms with van der Waals surface area (Å²) >= 11 is 0. The molecule has 1 aromatic rings. The Hall–Kier alpha value is -2.30. The lowest BCUT2D eigenvalue weighted by molar-refractivity contribution is -0.123. The van der Waals surface area contributed by atoms with Gasteiger partial charge in [-0.1, -0.05) is 23.8 Å². The van der Waals surface area contributed by atoms with E-state index in [1.54, 1.807) is 24.3 Å². The summed E-state index contributed by atoms with van der Waals surface area (Å²) in [5.41, 5.74) is 6.96. The van der Waals surface area contributed by atoms with Gasteiger partial charge in [-0.25, -0.2) is 0 Å². The van der Waals surface area contributed by atoms with Gasteiger partial charge in [0.05, 0.1) is 5.56 Å². The molecule has 118 valence electrons. The van der Waals surface area contributed by atoms with Crippen molar-refractivity contribution < 1.29 is 14.3 Å². The highest BCUT2D eigenvalue weighted by molar-refractivity contribution is 5.95. The van der Waals surface area contributed by atoms with Crippen LogP contribution in [0.2, 0.25) is 0 Å². The van der Waals surface area contributed by atoms with Crippen LogP contribution in [-0.2, 0) is 4.79 Å². The van der Waals surface area contributed by atoms with Gasteiger partial charge in [0, 0.05) is 6.54 Å². The molecule has 3 N–H and O–H groups in total. The molecule has 0 aliphatic heterocycles. The summed E-state index contributed by atoms with van der Waals surface area (Å²) in [6, 6.07) is 6.63. The molecule has 0 atom stereocenters. The van der Waals surface area contributed by atoms with Crippen LogP contribution in [0.5, 0.6) is 5.75 Å². The average molecular weight is 302 g/mol. The number of amides is 2. The fourth-order valence-corrected chi connectivity index (χ4v) is 2.48. The number of hydrogen-bond acceptors (Lipinski definition) is 3. The van der Waals surface area contributed by atoms with Crippen LogP contribution in [0.3, 0.4) is 0 Å². The number of nitrogens with one attached hydrogen (secondary N) is 1. The van der Waals surface area contributed by atoms with Crippen LogP contribution < -0.4 is 15.8 Å². The fourth-order valence-electron chi connectivity index (χ4n) is 2.48. The van der Waals surface area contributed by atoms with Gasteiger partial charge in [0.1, 0.15) is 5.75 Å². The lowest BCUT2D eigenvalue weighted by Gasteiger charge is -2.13. The normalized spacial score (nSPS) is 14.1. The number of rotatable bonds is 7. The van der Waals surface area contributed by atoms with Gasteiger partial charge in [-0.2, -0.15) is 0 Å². The van der Waals surface area contributed by atoms with Crippen molar-refractivity contribution in [1.29, 1.82) is 0 Å². The van der Waals surface area contributed by atoms with Gasteiger partial charge in [-0.3, -0.25) is 9.59 Å². The second-order valence-electron chi connectivity index (χ2n) is 5.36. The van der Waals surface area contributed by atoms with Gasteiger partial charge in [0.25, 0.3) is 11.8 Å². The molecule has 22 heavy (non-hydrogen) atoms. The predicted molar refractivity (Wildman–Crippen MR) is 84.6 cm³/mol. The molecule has 5 nitrogen and oxygen atoms in total. The molecule has 0 bridgehead atoms. The number of allylic oxidation sites excluding steroid dienone is 1. The molecule has 0 radical (unpaired) electrons. The van der Waals surface area contributed by atoms with E-state index in [1.807, 2.05) is 0 Å². The van der Waals surface area contributed by atoms with E-state index in [-0.39, 0.29) is 18.1 Å². The van der Waals surface area contributed by atoms with Crippen LogP contribution in [0.1, 0.15) is 42.5 Å². The minimum atomic E-state index is -0.569. The van der Waals surface area contributed by atoms with Gasteiger partial charge >= 0.3 is 0 Å². The number of benzene rings is 1. The summed E-state index contributed by atoms with van der Waals surface area (Å²) in [4.78, 5) is 23.0. The van der Waals surface area contributed by atoms with Gasteiger partial charge in [0.15, 0.2) is 6.61 Å². The van der Waals surface area contributed by atoms with E-state index in [0.29, 0.717) is 12.3 Å². The summed E-state index contributed by atoms with van der Waals surface area (Å²) in [6.45, 7) is 0.495. The summed E-state index contributed by atoms with van der Waals surface area (Å²) in [5.74, 6) is -0.434. The van der Waals surface area contributed by atoms with Gasteiger partial charge in [-0.15, -0.1) is 0 Å². The Kier molecular flexibility index (Phi) is 6.01. The van der Waals surface area contributed by atoms with E-state index in [2.05, 4.69) is 11.4 Å². The molecule has 1 aromatic carbocycles. The van der Waals surface area contributed by atoms with Gasteiger partial charge in [0.2, 0.25) is 0 Å². The van der Waals surface area contributed by atoms with Crippen LogP contribution in [0.25, 0.3) is 0 Å². The number of hydrogen-bond donors (Lipinski definition) is 2. The maximum atomic E-state index is 11.8. The monoisotopic (exact) mass is 302 g/mol. The lowest BCUT2D eigenvalue weighted by atomic mass is 9.97. The smallest absolute Gasteiger partial charge is 0.257 e. The van der Waals surface area contributed by atoms with Crippen LogP contribution >= 0.6 is 0 Å². The van der Waals surface area contributed by atoms with E-state index >= 15 is 0 Å². The Balaban J connectivity index is 1.74. The zero-order valence-corrected chi connectivity index (χ0v) is 12.6. The van der Waals surface area contributed by atoms with Crippen LogP contribution in [0, 0.1) is 0 Å². The first-order valence-electron chi connectivity index (χ1n) is 7.63. The zero-order chi connectivity index (χ0) is 15.8. The Labute approximate surface area is 130 Å². The van der Waals surface area contributed by atoms with E-state index in [0.717, 1.165) is 19.3 Å². The molecule has 1 aliphatic rings. The Morgan fingerprint density at radius 3 is 2.77 bits per heavy atom. The first kappa shape index (κ1) is 16.1. The molecule has 0 unspecified atom stereocenters. The molecule has 2 amide bonds. The average Bonchev–Trinajstić information content (AvgIpc) is 2.54. The zero-order valence-electron chi connectivity index (χ0n) is 12.6. The van der Waals surface area contributed by atoms with Crippen molar-refractivity contribution in [3.8, 4) is 5.75 Å². The minimum absolute atomic E-state index is 0.122. The van der Waals surface area contributed by atoms with Crippen molar-refractivity contribution in [2.75, 3.05) is 13.2 Å². The predicted octanol–water partition coefficient (Wildman–Crippen LogP) is 2.17. The summed E-state index contributed by atoms with van der Waals surface area (Å²) in [5, 5.41) is 2.83. The third kappa shape index (κ3) is 4.91. The van der Waals surface area contributed by atoms with Crippen molar-refractivity contribution in [1.82, 2.24) is 5.32 Å². The first-order valence-corrected chi connectivity index (χ1v) is 7.63. The molecule has 0 spiro atoms. The molecule has 0 heterocycles. The van der Waals surface area contributed by atoms with Crippen molar-refractivity contribution >= 4 is 11.8 Å². The molecule has 0 fully saturated rings. The Morgan fingerprint density at radius 1 is 1.23 bits per heavy atom. The van der Waals surface area contributed by atoms with E-state index in [4.69, 9.17) is 10.5 Å². The van der Waals surface area contributed by atoms with Crippen molar-refractivity contribution in [3.05, 3.63) is 41.5 Å². The second-order valence-corrected chi connectivity index (χ2v) is 5.36. The molecule has 5 heteroatoms. The van der Waals surface area contributed by atoms with Crippen molar-refractivity contribution in [2.45, 2.75) is 32.1 Å². The number of ether oxygens (including phenoxy) is 1. The number of carbonyl (C=O) groups is 2. The maximum absolute atomic E-state index is 11.8. The third-order valence-electron chi connectivity index (χ3n) is 3.66. The first-order chi connectivity index (χ1) is 10.7. The molecule has 0 aromatic heterocycles. The lowest BCUT2D eigenvalue weighted by Crippen LogP contribution is -2.30. The summed E-state index contributed by atoms with van der Waals surface area (Å²) < 4.78 is 5.38. The molecular formula is C17H22N2O3. The number of primary amides is 1. The third-order valence-corrected chi connectivity index (χ3v) is 3.66. The Morgan fingerprint density at radius 2 is 2.05 bits per heavy atom. The molecule has 1 aliphatic carbocycles. The topological polar surface area (TPSA) is 81.4 Å². The highest BCUT2D eigenvalue weighted by Gasteiger charge is 2.10. The fraction of sp³-hybridized carbons (Fsp3) is 0.412. The van der Waals surface area contributed by atoms with E-state index in [9.17, 15) is 9.59 Å². The van der Waals surface area contributed by atoms with Crippen LogP contribution in [0.15, 0.2) is 35.9 Å². The summed E-state index contributed by atoms with van der Waals surface area (Å²) in [6.07, 6.45) is 7.96. The standard InChI is InChI=1S/C17H22N2O3/c18-17(21)14-8-4-5-9-15(14)22-12-16(20)19-11-10-13-6-2-1-3-7-13/h4-6,8-9H,1-3,7,10-12H2,(H2,18,21)(H,19,20). The molecular weight excluding hydrogens is 280 g/mol. The van der Waals surface area contributed by atoms with Gasteiger partial charge < -0.3 is 15.8 Å². The highest BCUT2D eigenvalue weighted by atomic mass is 16.5. The largest absolute Gasteiger partial charge is 0.483 e. The Bertz CT molecular complexity index is 567. The van der Waals surface area contributed by atoms with Crippen molar-refractivity contribution in [3.63, 3.8) is 0 Å².